The van der Waals surface area contributed by atoms with E-state index in [1.54, 1.807) is 0 Å². The summed E-state index contributed by atoms with van der Waals surface area (Å²) in [5, 5.41) is 21.7. The molecule has 194 valence electrons. The molecule has 0 saturated heterocycles. The van der Waals surface area contributed by atoms with Crippen LogP contribution in [0.3, 0.4) is 0 Å². The maximum Gasteiger partial charge on any atom is 0.258 e. The summed E-state index contributed by atoms with van der Waals surface area (Å²) in [6.07, 6.45) is -0.582. The molecular formula is C28H43FO4Si2. The molecule has 0 aliphatic heterocycles. The highest BCUT2D eigenvalue weighted by Crippen LogP contribution is 2.62. The topological polar surface area (TPSA) is 69.9 Å². The summed E-state index contributed by atoms with van der Waals surface area (Å²) in [6.45, 7) is 9.76. The number of halogens is 1. The Morgan fingerprint density at radius 1 is 0.943 bits per heavy atom. The lowest BCUT2D eigenvalue weighted by Gasteiger charge is -2.42. The average molecular weight is 519 g/mol. The molecule has 35 heavy (non-hydrogen) atoms. The van der Waals surface area contributed by atoms with E-state index in [4.69, 9.17) is 4.43 Å². The Labute approximate surface area is 212 Å². The van der Waals surface area contributed by atoms with Crippen molar-refractivity contribution in [3.8, 4) is 0 Å². The third kappa shape index (κ3) is 4.96. The van der Waals surface area contributed by atoms with Gasteiger partial charge in [0.2, 0.25) is 0 Å². The van der Waals surface area contributed by atoms with Crippen molar-refractivity contribution in [3.05, 3.63) is 60.7 Å². The molecular weight excluding hydrogens is 475 g/mol. The maximum absolute atomic E-state index is 16.5. The Bertz CT molecular complexity index is 906. The van der Waals surface area contributed by atoms with Gasteiger partial charge in [0.05, 0.1) is 6.61 Å². The fraction of sp³-hybridized carbons (Fsp3) is 0.571. The first-order valence-corrected chi connectivity index (χ1v) is 17.5. The van der Waals surface area contributed by atoms with Gasteiger partial charge in [0.25, 0.3) is 8.32 Å². The van der Waals surface area contributed by atoms with Gasteiger partial charge in [-0.2, -0.15) is 0 Å². The van der Waals surface area contributed by atoms with Crippen molar-refractivity contribution in [3.63, 3.8) is 0 Å². The zero-order chi connectivity index (χ0) is 26.0. The first-order valence-electron chi connectivity index (χ1n) is 13.0. The van der Waals surface area contributed by atoms with E-state index in [0.717, 1.165) is 28.5 Å². The molecule has 3 atom stereocenters. The third-order valence-electron chi connectivity index (χ3n) is 8.73. The number of aliphatic hydroxyl groups is 2. The largest absolute Gasteiger partial charge is 0.424 e. The highest BCUT2D eigenvalue weighted by molar-refractivity contribution is 6.98. The van der Waals surface area contributed by atoms with E-state index < -0.39 is 45.7 Å². The fourth-order valence-corrected chi connectivity index (χ4v) is 12.6. The molecule has 2 aromatic carbocycles. The van der Waals surface area contributed by atoms with E-state index >= 15 is 4.39 Å². The van der Waals surface area contributed by atoms with E-state index in [2.05, 4.69) is 20.8 Å². The van der Waals surface area contributed by atoms with Crippen LogP contribution in [0.4, 0.5) is 4.39 Å². The minimum atomic E-state index is -3.26. The van der Waals surface area contributed by atoms with Crippen LogP contribution in [0, 0.1) is 0 Å². The lowest BCUT2D eigenvalue weighted by atomic mass is 9.99. The molecule has 0 amide bonds. The van der Waals surface area contributed by atoms with Crippen molar-refractivity contribution in [2.75, 3.05) is 6.61 Å². The summed E-state index contributed by atoms with van der Waals surface area (Å²) >= 11 is 0. The van der Waals surface area contributed by atoms with Crippen molar-refractivity contribution in [2.45, 2.75) is 94.4 Å². The van der Waals surface area contributed by atoms with Crippen molar-refractivity contribution < 1.29 is 23.8 Å². The Hall–Kier alpha value is -1.36. The summed E-state index contributed by atoms with van der Waals surface area (Å²) in [5.41, 5.74) is -3.09. The molecule has 1 aliphatic rings. The molecule has 0 spiro atoms. The second-order valence-electron chi connectivity index (χ2n) is 10.9. The summed E-state index contributed by atoms with van der Waals surface area (Å²) in [7, 11) is -5.49. The molecule has 3 rings (SSSR count). The minimum Gasteiger partial charge on any atom is -0.424 e. The molecule has 4 nitrogen and oxygen atoms in total. The monoisotopic (exact) mass is 518 g/mol. The molecule has 0 aromatic heterocycles. The molecule has 1 fully saturated rings. The van der Waals surface area contributed by atoms with Gasteiger partial charge in [0, 0.05) is 6.42 Å². The normalized spacial score (nSPS) is 23.8. The van der Waals surface area contributed by atoms with Crippen LogP contribution in [0.5, 0.6) is 0 Å². The van der Waals surface area contributed by atoms with Gasteiger partial charge >= 0.3 is 0 Å². The Kier molecular flexibility index (Phi) is 8.51. The SMILES string of the molecule is CC[Si](CC)(CC)O[C@@]1([C@H](O)CO)C[C@]1(F)CCC(C)(C)[Si](O)(c1ccccc1)c1ccccc1. The second-order valence-corrected chi connectivity index (χ2v) is 19.5. The Balaban J connectivity index is 1.92. The highest BCUT2D eigenvalue weighted by Gasteiger charge is 2.75. The number of benzene rings is 2. The molecule has 2 aromatic rings. The van der Waals surface area contributed by atoms with Crippen molar-refractivity contribution >= 4 is 27.0 Å². The third-order valence-corrected chi connectivity index (χ3v) is 17.9. The van der Waals surface area contributed by atoms with Gasteiger partial charge in [-0.15, -0.1) is 0 Å². The molecule has 3 N–H and O–H groups in total. The molecule has 0 heterocycles. The van der Waals surface area contributed by atoms with E-state index in [1.807, 2.05) is 74.5 Å². The second kappa shape index (κ2) is 10.6. The van der Waals surface area contributed by atoms with E-state index in [9.17, 15) is 15.0 Å². The summed E-state index contributed by atoms with van der Waals surface area (Å²) < 4.78 is 23.1. The maximum atomic E-state index is 16.5. The molecule has 0 radical (unpaired) electrons. The zero-order valence-electron chi connectivity index (χ0n) is 21.9. The molecule has 0 bridgehead atoms. The van der Waals surface area contributed by atoms with Gasteiger partial charge in [0.1, 0.15) is 17.4 Å². The van der Waals surface area contributed by atoms with Gasteiger partial charge < -0.3 is 19.4 Å². The number of hydrogen-bond acceptors (Lipinski definition) is 4. The lowest BCUT2D eigenvalue weighted by molar-refractivity contribution is -0.0540. The van der Waals surface area contributed by atoms with Crippen LogP contribution in [-0.2, 0) is 4.43 Å². The average Bonchev–Trinajstić information content (AvgIpc) is 3.50. The summed E-state index contributed by atoms with van der Waals surface area (Å²) in [6, 6.07) is 22.0. The van der Waals surface area contributed by atoms with Crippen LogP contribution < -0.4 is 10.4 Å². The standard InChI is InChI=1S/C28H43FO4Si2/c1-6-34(7-2,8-3)33-28(25(31)21-30)22-27(28,29)20-19-26(4,5)35(32,23-15-11-9-12-16-23)24-17-13-10-14-18-24/h9-18,25,30-32H,6-8,19-22H2,1-5H3/t25-,27-,28-/m1/s1. The van der Waals surface area contributed by atoms with Crippen LogP contribution in [0.2, 0.25) is 23.2 Å². The summed E-state index contributed by atoms with van der Waals surface area (Å²) in [5.74, 6) is 0. The first kappa shape index (κ1) is 28.2. The number of aliphatic hydroxyl groups excluding tert-OH is 2. The van der Waals surface area contributed by atoms with Gasteiger partial charge in [-0.1, -0.05) is 95.3 Å². The lowest BCUT2D eigenvalue weighted by Crippen LogP contribution is -2.65. The predicted molar refractivity (Wildman–Crippen MR) is 146 cm³/mol. The summed E-state index contributed by atoms with van der Waals surface area (Å²) in [4.78, 5) is 12.4. The highest BCUT2D eigenvalue weighted by atomic mass is 28.4. The van der Waals surface area contributed by atoms with Crippen molar-refractivity contribution in [2.24, 2.45) is 0 Å². The first-order chi connectivity index (χ1) is 16.5. The number of alkyl halides is 1. The van der Waals surface area contributed by atoms with Gasteiger partial charge in [-0.25, -0.2) is 4.39 Å². The smallest absolute Gasteiger partial charge is 0.258 e. The van der Waals surface area contributed by atoms with Crippen LogP contribution in [0.15, 0.2) is 60.7 Å². The van der Waals surface area contributed by atoms with E-state index in [-0.39, 0.29) is 12.8 Å². The van der Waals surface area contributed by atoms with Crippen LogP contribution >= 0.6 is 0 Å². The quantitative estimate of drug-likeness (QED) is 0.341. The van der Waals surface area contributed by atoms with Gasteiger partial charge in [-0.3, -0.25) is 0 Å². The van der Waals surface area contributed by atoms with E-state index in [0.29, 0.717) is 6.42 Å². The van der Waals surface area contributed by atoms with Gasteiger partial charge in [0.15, 0.2) is 8.32 Å². The van der Waals surface area contributed by atoms with Gasteiger partial charge in [-0.05, 0) is 46.4 Å². The molecule has 1 aliphatic carbocycles. The van der Waals surface area contributed by atoms with Crippen LogP contribution in [-0.4, -0.2) is 55.6 Å². The van der Waals surface area contributed by atoms with E-state index in [1.165, 1.54) is 0 Å². The number of rotatable bonds is 13. The fourth-order valence-electron chi connectivity index (χ4n) is 5.78. The predicted octanol–water partition coefficient (Wildman–Crippen LogP) is 4.52. The minimum absolute atomic E-state index is 0.0865. The Morgan fingerprint density at radius 2 is 1.40 bits per heavy atom. The molecule has 1 saturated carbocycles. The molecule has 0 unspecified atom stereocenters. The zero-order valence-corrected chi connectivity index (χ0v) is 23.9. The van der Waals surface area contributed by atoms with Crippen LogP contribution in [0.1, 0.15) is 53.9 Å². The van der Waals surface area contributed by atoms with Crippen molar-refractivity contribution in [1.29, 1.82) is 0 Å². The Morgan fingerprint density at radius 3 is 1.80 bits per heavy atom. The number of hydrogen-bond donors (Lipinski definition) is 3. The van der Waals surface area contributed by atoms with Crippen LogP contribution in [0.25, 0.3) is 0 Å². The molecule has 7 heteroatoms. The van der Waals surface area contributed by atoms with Crippen molar-refractivity contribution in [1.82, 2.24) is 0 Å².